The number of carbonyl (C=O) groups excluding carboxylic acids is 1. The molecule has 1 aliphatic rings. The monoisotopic (exact) mass is 270 g/mol. The highest BCUT2D eigenvalue weighted by atomic mass is 16.6. The van der Waals surface area contributed by atoms with E-state index in [-0.39, 0.29) is 28.4 Å². The lowest BCUT2D eigenvalue weighted by Crippen LogP contribution is -2.24. The SMILES string of the molecule is O=C1c2c(O)cccc2Cc2cccc(OB(O)O)c21. The van der Waals surface area contributed by atoms with Gasteiger partial charge in [0.25, 0.3) is 0 Å². The quantitative estimate of drug-likeness (QED) is 0.601. The number of aromatic hydroxyl groups is 1. The minimum absolute atomic E-state index is 0.0856. The van der Waals surface area contributed by atoms with E-state index in [2.05, 4.69) is 0 Å². The molecule has 20 heavy (non-hydrogen) atoms. The van der Waals surface area contributed by atoms with E-state index in [9.17, 15) is 9.90 Å². The third kappa shape index (κ3) is 1.95. The molecule has 0 unspecified atom stereocenters. The molecule has 3 rings (SSSR count). The van der Waals surface area contributed by atoms with Crippen LogP contribution in [0.2, 0.25) is 0 Å². The number of carbonyl (C=O) groups is 1. The first-order valence-electron chi connectivity index (χ1n) is 6.08. The van der Waals surface area contributed by atoms with E-state index in [1.54, 1.807) is 24.3 Å². The van der Waals surface area contributed by atoms with Gasteiger partial charge in [-0.05, 0) is 29.7 Å². The van der Waals surface area contributed by atoms with Crippen LogP contribution in [0.25, 0.3) is 0 Å². The lowest BCUT2D eigenvalue weighted by Gasteiger charge is -2.21. The van der Waals surface area contributed by atoms with E-state index >= 15 is 0 Å². The second-order valence-electron chi connectivity index (χ2n) is 4.55. The molecule has 0 saturated heterocycles. The molecule has 0 amide bonds. The molecule has 1 aliphatic carbocycles. The van der Waals surface area contributed by atoms with Crippen LogP contribution in [-0.4, -0.2) is 28.3 Å². The molecular weight excluding hydrogens is 259 g/mol. The fourth-order valence-corrected chi connectivity index (χ4v) is 2.52. The number of phenols is 1. The highest BCUT2D eigenvalue weighted by Gasteiger charge is 2.29. The predicted octanol–water partition coefficient (Wildman–Crippen LogP) is 0.876. The number of hydrogen-bond donors (Lipinski definition) is 3. The van der Waals surface area contributed by atoms with Crippen molar-refractivity contribution in [3.8, 4) is 11.5 Å². The molecule has 0 saturated carbocycles. The third-order valence-electron chi connectivity index (χ3n) is 3.31. The average molecular weight is 270 g/mol. The van der Waals surface area contributed by atoms with Crippen LogP contribution in [0.1, 0.15) is 27.0 Å². The molecule has 0 heterocycles. The molecule has 0 radical (unpaired) electrons. The number of ketones is 1. The average Bonchev–Trinajstić information content (AvgIpc) is 2.38. The first-order valence-corrected chi connectivity index (χ1v) is 6.08. The maximum atomic E-state index is 12.5. The van der Waals surface area contributed by atoms with E-state index in [1.807, 2.05) is 0 Å². The van der Waals surface area contributed by atoms with Crippen LogP contribution in [-0.2, 0) is 6.42 Å². The van der Waals surface area contributed by atoms with Crippen LogP contribution in [0.3, 0.4) is 0 Å². The topological polar surface area (TPSA) is 87.0 Å². The van der Waals surface area contributed by atoms with Crippen molar-refractivity contribution < 1.29 is 24.6 Å². The normalized spacial score (nSPS) is 12.6. The van der Waals surface area contributed by atoms with Gasteiger partial charge in [0.1, 0.15) is 11.5 Å². The van der Waals surface area contributed by atoms with Gasteiger partial charge in [-0.15, -0.1) is 0 Å². The molecule has 0 aromatic heterocycles. The van der Waals surface area contributed by atoms with Crippen LogP contribution >= 0.6 is 0 Å². The first-order chi connectivity index (χ1) is 9.58. The van der Waals surface area contributed by atoms with Crippen LogP contribution in [0, 0.1) is 0 Å². The Morgan fingerprint density at radius 1 is 1.00 bits per heavy atom. The molecule has 0 aliphatic heterocycles. The summed E-state index contributed by atoms with van der Waals surface area (Å²) >= 11 is 0. The van der Waals surface area contributed by atoms with Crippen LogP contribution in [0.15, 0.2) is 36.4 Å². The van der Waals surface area contributed by atoms with Crippen molar-refractivity contribution in [1.29, 1.82) is 0 Å². The third-order valence-corrected chi connectivity index (χ3v) is 3.31. The molecule has 2 aromatic rings. The fraction of sp³-hybridized carbons (Fsp3) is 0.0714. The Morgan fingerprint density at radius 2 is 1.65 bits per heavy atom. The molecule has 0 spiro atoms. The van der Waals surface area contributed by atoms with E-state index in [4.69, 9.17) is 14.7 Å². The zero-order chi connectivity index (χ0) is 14.3. The van der Waals surface area contributed by atoms with Gasteiger partial charge >= 0.3 is 7.32 Å². The summed E-state index contributed by atoms with van der Waals surface area (Å²) in [6.45, 7) is 0. The number of phenolic OH excluding ortho intramolecular Hbond substituents is 1. The molecule has 0 fully saturated rings. The van der Waals surface area contributed by atoms with Crippen LogP contribution < -0.4 is 4.65 Å². The van der Waals surface area contributed by atoms with Gasteiger partial charge in [0, 0.05) is 0 Å². The Balaban J connectivity index is 2.17. The second kappa shape index (κ2) is 4.66. The van der Waals surface area contributed by atoms with Gasteiger partial charge in [-0.25, -0.2) is 0 Å². The van der Waals surface area contributed by atoms with Crippen molar-refractivity contribution in [3.63, 3.8) is 0 Å². The van der Waals surface area contributed by atoms with Crippen molar-refractivity contribution >= 4 is 13.1 Å². The molecular formula is C14H11BO5. The van der Waals surface area contributed by atoms with Gasteiger partial charge in [-0.3, -0.25) is 4.79 Å². The Labute approximate surface area is 115 Å². The summed E-state index contributed by atoms with van der Waals surface area (Å²) in [5.41, 5.74) is 1.97. The highest BCUT2D eigenvalue weighted by molar-refractivity contribution is 6.34. The van der Waals surface area contributed by atoms with Gasteiger partial charge in [-0.1, -0.05) is 24.3 Å². The second-order valence-corrected chi connectivity index (χ2v) is 4.55. The van der Waals surface area contributed by atoms with Gasteiger partial charge < -0.3 is 19.8 Å². The van der Waals surface area contributed by atoms with Crippen molar-refractivity contribution in [3.05, 3.63) is 58.7 Å². The predicted molar refractivity (Wildman–Crippen MR) is 71.6 cm³/mol. The Bertz CT molecular complexity index is 696. The molecule has 3 N–H and O–H groups in total. The summed E-state index contributed by atoms with van der Waals surface area (Å²) in [4.78, 5) is 12.5. The molecule has 6 heteroatoms. The van der Waals surface area contributed by atoms with Crippen LogP contribution in [0.4, 0.5) is 0 Å². The van der Waals surface area contributed by atoms with E-state index < -0.39 is 7.32 Å². The summed E-state index contributed by atoms with van der Waals surface area (Å²) < 4.78 is 4.85. The lowest BCUT2D eigenvalue weighted by atomic mass is 9.84. The number of fused-ring (bicyclic) bond motifs is 2. The Hall–Kier alpha value is -2.31. The van der Waals surface area contributed by atoms with Crippen LogP contribution in [0.5, 0.6) is 11.5 Å². The maximum absolute atomic E-state index is 12.5. The lowest BCUT2D eigenvalue weighted by molar-refractivity contribution is 0.103. The summed E-state index contributed by atoms with van der Waals surface area (Å²) in [5.74, 6) is -0.371. The zero-order valence-corrected chi connectivity index (χ0v) is 10.4. The minimum atomic E-state index is -2.00. The molecule has 100 valence electrons. The largest absolute Gasteiger partial charge is 0.707 e. The summed E-state index contributed by atoms with van der Waals surface area (Å²) in [7, 11) is -2.00. The van der Waals surface area contributed by atoms with Crippen molar-refractivity contribution in [2.45, 2.75) is 6.42 Å². The van der Waals surface area contributed by atoms with E-state index in [0.29, 0.717) is 6.42 Å². The van der Waals surface area contributed by atoms with E-state index in [1.165, 1.54) is 12.1 Å². The van der Waals surface area contributed by atoms with Crippen molar-refractivity contribution in [1.82, 2.24) is 0 Å². The fourth-order valence-electron chi connectivity index (χ4n) is 2.52. The van der Waals surface area contributed by atoms with Crippen molar-refractivity contribution in [2.24, 2.45) is 0 Å². The molecule has 0 bridgehead atoms. The molecule has 5 nitrogen and oxygen atoms in total. The molecule has 0 atom stereocenters. The smallest absolute Gasteiger partial charge is 0.511 e. The number of hydrogen-bond acceptors (Lipinski definition) is 5. The minimum Gasteiger partial charge on any atom is -0.511 e. The zero-order valence-electron chi connectivity index (χ0n) is 10.4. The van der Waals surface area contributed by atoms with Gasteiger partial charge in [-0.2, -0.15) is 0 Å². The van der Waals surface area contributed by atoms with Gasteiger partial charge in [0.2, 0.25) is 5.78 Å². The summed E-state index contributed by atoms with van der Waals surface area (Å²) in [6, 6.07) is 9.86. The molecule has 2 aromatic carbocycles. The number of benzene rings is 2. The summed E-state index contributed by atoms with van der Waals surface area (Å²) in [5, 5.41) is 27.7. The highest BCUT2D eigenvalue weighted by Crippen LogP contribution is 2.36. The van der Waals surface area contributed by atoms with E-state index in [0.717, 1.165) is 11.1 Å². The maximum Gasteiger partial charge on any atom is 0.707 e. The Kier molecular flexibility index (Phi) is 2.96. The summed E-state index contributed by atoms with van der Waals surface area (Å²) in [6.07, 6.45) is 0.476. The van der Waals surface area contributed by atoms with Crippen molar-refractivity contribution in [2.75, 3.05) is 0 Å². The van der Waals surface area contributed by atoms with Gasteiger partial charge in [0.05, 0.1) is 11.1 Å². The standard InChI is InChI=1S/C14H11BO5/c16-10-5-1-3-8-7-9-4-2-6-11(20-15(18)19)13(9)14(17)12(8)10/h1-6,16,18-19H,7H2. The number of rotatable bonds is 2. The first kappa shape index (κ1) is 12.7. The Morgan fingerprint density at radius 3 is 2.35 bits per heavy atom. The van der Waals surface area contributed by atoms with Gasteiger partial charge in [0.15, 0.2) is 0 Å².